The predicted octanol–water partition coefficient (Wildman–Crippen LogP) is 14.3. The highest BCUT2D eigenvalue weighted by Crippen LogP contribution is 2.51. The van der Waals surface area contributed by atoms with Crippen molar-refractivity contribution in [3.63, 3.8) is 0 Å². The Morgan fingerprint density at radius 3 is 1.52 bits per heavy atom. The molecule has 0 saturated carbocycles. The van der Waals surface area contributed by atoms with Crippen molar-refractivity contribution < 1.29 is 0 Å². The number of rotatable bonds is 5. The van der Waals surface area contributed by atoms with Crippen LogP contribution in [0.15, 0.2) is 188 Å². The van der Waals surface area contributed by atoms with Crippen LogP contribution in [0.3, 0.4) is 0 Å². The van der Waals surface area contributed by atoms with Gasteiger partial charge in [-0.3, -0.25) is 0 Å². The fourth-order valence-corrected chi connectivity index (χ4v) is 9.67. The van der Waals surface area contributed by atoms with E-state index < -0.39 is 0 Å². The van der Waals surface area contributed by atoms with Crippen LogP contribution < -0.4 is 0 Å². The number of hydrogen-bond donors (Lipinski definition) is 0. The molecular weight excluding hydrogens is 703 g/mol. The van der Waals surface area contributed by atoms with Crippen LogP contribution >= 0.6 is 0 Å². The summed E-state index contributed by atoms with van der Waals surface area (Å²) in [5.74, 6) is 0.726. The van der Waals surface area contributed by atoms with Gasteiger partial charge in [-0.25, -0.2) is 9.97 Å². The van der Waals surface area contributed by atoms with Gasteiger partial charge in [0.1, 0.15) is 0 Å². The molecule has 0 saturated heterocycles. The molecule has 12 rings (SSSR count). The fourth-order valence-electron chi connectivity index (χ4n) is 9.67. The number of nitrogens with zero attached hydrogens (tertiary/aromatic N) is 3. The number of para-hydroxylation sites is 2. The Bertz CT molecular complexity index is 3350. The lowest BCUT2D eigenvalue weighted by molar-refractivity contribution is 0.660. The van der Waals surface area contributed by atoms with Gasteiger partial charge >= 0.3 is 0 Å². The first-order valence-corrected chi connectivity index (χ1v) is 20.1. The molecule has 0 atom stereocenters. The van der Waals surface area contributed by atoms with E-state index >= 15 is 0 Å². The van der Waals surface area contributed by atoms with Gasteiger partial charge in [-0.05, 0) is 80.9 Å². The van der Waals surface area contributed by atoms with Gasteiger partial charge in [0.2, 0.25) is 0 Å². The molecular formula is C55H37N3. The van der Waals surface area contributed by atoms with Crippen LogP contribution in [-0.4, -0.2) is 14.4 Å². The van der Waals surface area contributed by atoms with Crippen LogP contribution in [0.25, 0.3) is 105 Å². The molecule has 272 valence electrons. The first-order valence-electron chi connectivity index (χ1n) is 20.1. The molecule has 3 aromatic heterocycles. The highest BCUT2D eigenvalue weighted by atomic mass is 14.9. The molecule has 0 bridgehead atoms. The van der Waals surface area contributed by atoms with Gasteiger partial charge in [0.15, 0.2) is 5.82 Å². The average molecular weight is 740 g/mol. The van der Waals surface area contributed by atoms with Gasteiger partial charge in [-0.2, -0.15) is 0 Å². The second-order valence-corrected chi connectivity index (χ2v) is 16.2. The Morgan fingerprint density at radius 2 is 0.845 bits per heavy atom. The summed E-state index contributed by atoms with van der Waals surface area (Å²) < 4.78 is 2.46. The largest absolute Gasteiger partial charge is 0.308 e. The lowest BCUT2D eigenvalue weighted by atomic mass is 9.82. The van der Waals surface area contributed by atoms with Crippen molar-refractivity contribution in [2.24, 2.45) is 0 Å². The highest BCUT2D eigenvalue weighted by Gasteiger charge is 2.36. The molecule has 0 aliphatic heterocycles. The third kappa shape index (κ3) is 4.86. The van der Waals surface area contributed by atoms with Crippen LogP contribution in [0.1, 0.15) is 25.0 Å². The van der Waals surface area contributed by atoms with Crippen molar-refractivity contribution in [3.8, 4) is 67.3 Å². The molecule has 0 unspecified atom stereocenters. The van der Waals surface area contributed by atoms with Crippen LogP contribution in [0, 0.1) is 0 Å². The van der Waals surface area contributed by atoms with Gasteiger partial charge in [0.25, 0.3) is 0 Å². The van der Waals surface area contributed by atoms with Crippen LogP contribution in [0.5, 0.6) is 0 Å². The van der Waals surface area contributed by atoms with Gasteiger partial charge in [0, 0.05) is 43.7 Å². The minimum Gasteiger partial charge on any atom is -0.308 e. The van der Waals surface area contributed by atoms with Crippen molar-refractivity contribution in [2.45, 2.75) is 19.3 Å². The predicted molar refractivity (Wildman–Crippen MR) is 241 cm³/mol. The van der Waals surface area contributed by atoms with Gasteiger partial charge < -0.3 is 4.40 Å². The van der Waals surface area contributed by atoms with E-state index in [4.69, 9.17) is 9.97 Å². The topological polar surface area (TPSA) is 30.2 Å². The fraction of sp³-hybridized carbons (Fsp3) is 0.0545. The quantitative estimate of drug-likeness (QED) is 0.176. The molecule has 11 aromatic rings. The van der Waals surface area contributed by atoms with Crippen LogP contribution in [0.4, 0.5) is 0 Å². The number of aromatic nitrogens is 3. The highest BCUT2D eigenvalue weighted by molar-refractivity contribution is 6.23. The number of hydrogen-bond acceptors (Lipinski definition) is 2. The van der Waals surface area contributed by atoms with E-state index in [1.54, 1.807) is 0 Å². The van der Waals surface area contributed by atoms with Gasteiger partial charge in [-0.15, -0.1) is 0 Å². The van der Waals surface area contributed by atoms with Crippen molar-refractivity contribution >= 4 is 38.1 Å². The summed E-state index contributed by atoms with van der Waals surface area (Å²) in [6.07, 6.45) is 0. The maximum Gasteiger partial charge on any atom is 0.160 e. The SMILES string of the molecule is CC1(C)c2ccc(-c3cccc(-c4ccc5c6cccc7c8ccccc8n(c5c4)c76)c3)cc2-c2cc(-c3nc(-c4ccccc4)cc(-c4ccccc4)n3)ccc21. The zero-order valence-corrected chi connectivity index (χ0v) is 32.2. The minimum absolute atomic E-state index is 0.137. The first kappa shape index (κ1) is 32.8. The second-order valence-electron chi connectivity index (χ2n) is 16.2. The van der Waals surface area contributed by atoms with Crippen molar-refractivity contribution in [1.82, 2.24) is 14.4 Å². The zero-order chi connectivity index (χ0) is 38.5. The molecule has 8 aromatic carbocycles. The Hall–Kier alpha value is -7.36. The molecule has 1 aliphatic rings. The van der Waals surface area contributed by atoms with E-state index in [2.05, 4.69) is 194 Å². The molecule has 0 radical (unpaired) electrons. The molecule has 0 fully saturated rings. The normalized spacial score (nSPS) is 13.1. The average Bonchev–Trinajstić information content (AvgIpc) is 3.89. The van der Waals surface area contributed by atoms with Crippen LogP contribution in [-0.2, 0) is 5.41 Å². The van der Waals surface area contributed by atoms with Crippen molar-refractivity contribution in [1.29, 1.82) is 0 Å². The summed E-state index contributed by atoms with van der Waals surface area (Å²) >= 11 is 0. The van der Waals surface area contributed by atoms with E-state index in [1.165, 1.54) is 82.6 Å². The molecule has 3 heteroatoms. The third-order valence-electron chi connectivity index (χ3n) is 12.6. The van der Waals surface area contributed by atoms with Crippen LogP contribution in [0.2, 0.25) is 0 Å². The van der Waals surface area contributed by atoms with Gasteiger partial charge in [-0.1, -0.05) is 166 Å². The zero-order valence-electron chi connectivity index (χ0n) is 32.2. The lowest BCUT2D eigenvalue weighted by Gasteiger charge is -2.21. The lowest BCUT2D eigenvalue weighted by Crippen LogP contribution is -2.14. The first-order chi connectivity index (χ1) is 28.5. The summed E-state index contributed by atoms with van der Waals surface area (Å²) in [5, 5.41) is 5.21. The summed E-state index contributed by atoms with van der Waals surface area (Å²) in [6, 6.07) is 68.2. The van der Waals surface area contributed by atoms with Gasteiger partial charge in [0.05, 0.1) is 27.9 Å². The maximum atomic E-state index is 5.16. The molecule has 0 spiro atoms. The third-order valence-corrected chi connectivity index (χ3v) is 12.6. The molecule has 3 nitrogen and oxygen atoms in total. The summed E-state index contributed by atoms with van der Waals surface area (Å²) in [5.41, 5.74) is 18.7. The number of benzene rings is 8. The van der Waals surface area contributed by atoms with Crippen molar-refractivity contribution in [2.75, 3.05) is 0 Å². The molecule has 1 aliphatic carbocycles. The van der Waals surface area contributed by atoms with Crippen molar-refractivity contribution in [3.05, 3.63) is 199 Å². The summed E-state index contributed by atoms with van der Waals surface area (Å²) in [6.45, 7) is 4.68. The molecule has 0 N–H and O–H groups in total. The van der Waals surface area contributed by atoms with E-state index in [-0.39, 0.29) is 5.41 Å². The monoisotopic (exact) mass is 739 g/mol. The number of fused-ring (bicyclic) bond motifs is 9. The molecule has 0 amide bonds. The Balaban J connectivity index is 0.961. The van der Waals surface area contributed by atoms with E-state index in [0.717, 1.165) is 33.9 Å². The molecule has 58 heavy (non-hydrogen) atoms. The van der Waals surface area contributed by atoms with E-state index in [1.807, 2.05) is 12.1 Å². The second kappa shape index (κ2) is 12.3. The Kier molecular flexibility index (Phi) is 6.98. The van der Waals surface area contributed by atoms with E-state index in [0.29, 0.717) is 0 Å². The summed E-state index contributed by atoms with van der Waals surface area (Å²) in [4.78, 5) is 10.3. The standard InChI is InChI=1S/C55H37N3/c1-55(2)47-27-24-38(36-17-11-18-37(29-36)39-23-26-42-44-21-12-20-43-41-19-9-10-22-51(41)58(53(43)44)52(42)32-39)30-45(47)46-31-40(25-28-48(46)55)54-56-49(34-13-5-3-6-14-34)33-50(57-54)35-15-7-4-8-16-35/h3-33H,1-2H3. The Morgan fingerprint density at radius 1 is 0.362 bits per heavy atom. The smallest absolute Gasteiger partial charge is 0.160 e. The molecule has 3 heterocycles. The summed E-state index contributed by atoms with van der Waals surface area (Å²) in [7, 11) is 0. The minimum atomic E-state index is -0.137. The Labute approximate surface area is 336 Å². The van der Waals surface area contributed by atoms with E-state index in [9.17, 15) is 0 Å². The maximum absolute atomic E-state index is 5.16.